The number of aliphatic hydroxyl groups excluding tert-OH is 1. The van der Waals surface area contributed by atoms with Crippen LogP contribution in [0.15, 0.2) is 46.7 Å². The average Bonchev–Trinajstić information content (AvgIpc) is 3.35. The Morgan fingerprint density at radius 1 is 1.18 bits per heavy atom. The second-order valence-corrected chi connectivity index (χ2v) is 13.5. The van der Waals surface area contributed by atoms with Gasteiger partial charge in [0, 0.05) is 35.5 Å². The summed E-state index contributed by atoms with van der Waals surface area (Å²) in [5.41, 5.74) is 2.63. The van der Waals surface area contributed by atoms with Gasteiger partial charge in [-0.1, -0.05) is 17.9 Å². The van der Waals surface area contributed by atoms with E-state index in [-0.39, 0.29) is 23.6 Å². The standard InChI is InChI=1S/C31H28F2N4O6S2/c32-23-6-4-20(14-19(23)5-7-27(38)21-9-10-43-15-21)29-22(11-18-3-8-28(24(33)12-18)45(34,41)42)26(13-17-1-2-17)37(36-29)31-35-25(16-44-31)30(39)40/h3-4,6,8,12,14,16-17,21,27,38H,1-2,9-11,13,15H2,(H,39,40)(H2,34,41,42). The fourth-order valence-corrected chi connectivity index (χ4v) is 6.62. The van der Waals surface area contributed by atoms with Crippen molar-refractivity contribution < 1.29 is 36.9 Å². The quantitative estimate of drug-likeness (QED) is 0.229. The normalized spacial score (nSPS) is 17.2. The minimum Gasteiger partial charge on any atom is -0.476 e. The molecular formula is C31H28F2N4O6S2. The highest BCUT2D eigenvalue weighted by Crippen LogP contribution is 2.38. The number of nitrogens with zero attached hydrogens (tertiary/aromatic N) is 3. The maximum atomic E-state index is 14.9. The Balaban J connectivity index is 1.48. The van der Waals surface area contributed by atoms with Gasteiger partial charge >= 0.3 is 5.97 Å². The summed E-state index contributed by atoms with van der Waals surface area (Å²) in [6.45, 7) is 0.908. The first-order valence-electron chi connectivity index (χ1n) is 14.2. The first kappa shape index (κ1) is 31.0. The van der Waals surface area contributed by atoms with Crippen LogP contribution in [0.1, 0.15) is 52.1 Å². The molecule has 0 radical (unpaired) electrons. The Kier molecular flexibility index (Phi) is 8.55. The minimum atomic E-state index is -4.27. The zero-order chi connectivity index (χ0) is 31.9. The van der Waals surface area contributed by atoms with Gasteiger partial charge in [0.05, 0.1) is 23.6 Å². The molecule has 2 fully saturated rings. The summed E-state index contributed by atoms with van der Waals surface area (Å²) in [4.78, 5) is 15.2. The summed E-state index contributed by atoms with van der Waals surface area (Å²) in [6.07, 6.45) is 2.34. The Hall–Kier alpha value is -4.00. The third-order valence-electron chi connectivity index (χ3n) is 7.85. The van der Waals surface area contributed by atoms with Gasteiger partial charge in [-0.3, -0.25) is 0 Å². The molecule has 1 saturated carbocycles. The zero-order valence-corrected chi connectivity index (χ0v) is 25.4. The minimum absolute atomic E-state index is 0.0423. The van der Waals surface area contributed by atoms with Crippen LogP contribution in [0, 0.1) is 35.3 Å². The van der Waals surface area contributed by atoms with Crippen LogP contribution in [0.4, 0.5) is 8.78 Å². The molecule has 4 N–H and O–H groups in total. The molecule has 45 heavy (non-hydrogen) atoms. The van der Waals surface area contributed by atoms with E-state index < -0.39 is 38.6 Å². The van der Waals surface area contributed by atoms with Crippen molar-refractivity contribution in [1.29, 1.82) is 0 Å². The number of primary sulfonamides is 1. The molecular weight excluding hydrogens is 626 g/mol. The van der Waals surface area contributed by atoms with Gasteiger partial charge in [0.15, 0.2) is 5.69 Å². The van der Waals surface area contributed by atoms with Gasteiger partial charge in [0.2, 0.25) is 15.2 Å². The van der Waals surface area contributed by atoms with Crippen LogP contribution in [-0.4, -0.2) is 58.7 Å². The number of carbonyl (C=O) groups is 1. The lowest BCUT2D eigenvalue weighted by Gasteiger charge is -2.10. The number of hydrogen-bond acceptors (Lipinski definition) is 8. The van der Waals surface area contributed by atoms with Gasteiger partial charge in [-0.05, 0) is 67.5 Å². The van der Waals surface area contributed by atoms with E-state index in [4.69, 9.17) is 15.0 Å². The highest BCUT2D eigenvalue weighted by molar-refractivity contribution is 7.89. The predicted octanol–water partition coefficient (Wildman–Crippen LogP) is 3.91. The van der Waals surface area contributed by atoms with Crippen molar-refractivity contribution in [2.45, 2.75) is 43.1 Å². The van der Waals surface area contributed by atoms with E-state index in [2.05, 4.69) is 16.8 Å². The van der Waals surface area contributed by atoms with Crippen LogP contribution >= 0.6 is 11.3 Å². The van der Waals surface area contributed by atoms with E-state index >= 15 is 0 Å². The van der Waals surface area contributed by atoms with Crippen molar-refractivity contribution in [3.05, 3.63) is 81.5 Å². The summed E-state index contributed by atoms with van der Waals surface area (Å²) in [6, 6.07) is 7.98. The molecule has 0 spiro atoms. The van der Waals surface area contributed by atoms with Crippen molar-refractivity contribution in [3.8, 4) is 28.2 Å². The molecule has 2 unspecified atom stereocenters. The van der Waals surface area contributed by atoms with E-state index in [1.807, 2.05) is 0 Å². The smallest absolute Gasteiger partial charge is 0.355 e. The number of ether oxygens (including phenoxy) is 1. The monoisotopic (exact) mass is 654 g/mol. The number of benzene rings is 2. The molecule has 0 bridgehead atoms. The molecule has 1 aliphatic carbocycles. The number of nitrogens with two attached hydrogens (primary N) is 1. The van der Waals surface area contributed by atoms with Crippen molar-refractivity contribution >= 4 is 27.3 Å². The molecule has 6 rings (SSSR count). The van der Waals surface area contributed by atoms with E-state index in [0.717, 1.165) is 42.0 Å². The molecule has 10 nitrogen and oxygen atoms in total. The summed E-state index contributed by atoms with van der Waals surface area (Å²) >= 11 is 1.10. The van der Waals surface area contributed by atoms with Crippen LogP contribution in [0.2, 0.25) is 0 Å². The highest BCUT2D eigenvalue weighted by Gasteiger charge is 2.30. The lowest BCUT2D eigenvalue weighted by atomic mass is 9.96. The number of aromatic nitrogens is 3. The fourth-order valence-electron chi connectivity index (χ4n) is 5.25. The van der Waals surface area contributed by atoms with E-state index in [0.29, 0.717) is 59.5 Å². The molecule has 2 atom stereocenters. The van der Waals surface area contributed by atoms with Gasteiger partial charge in [-0.2, -0.15) is 5.10 Å². The molecule has 0 amide bonds. The number of aliphatic hydroxyl groups is 1. The van der Waals surface area contributed by atoms with Crippen molar-refractivity contribution in [2.75, 3.05) is 13.2 Å². The SMILES string of the molecule is NS(=O)(=O)c1ccc(Cc2c(-c3ccc(F)c(C#CC(O)C4CCOC4)c3)nn(-c3nc(C(=O)O)cs3)c2CC2CC2)cc1F. The Morgan fingerprint density at radius 3 is 2.62 bits per heavy atom. The number of carboxylic acids is 1. The first-order valence-corrected chi connectivity index (χ1v) is 16.6. The molecule has 234 valence electrons. The molecule has 2 aromatic heterocycles. The number of thiazole rings is 1. The topological polar surface area (TPSA) is 158 Å². The van der Waals surface area contributed by atoms with Crippen LogP contribution in [0.5, 0.6) is 0 Å². The number of carboxylic acid groups (broad SMARTS) is 1. The molecule has 2 aliphatic rings. The third kappa shape index (κ3) is 6.82. The van der Waals surface area contributed by atoms with E-state index in [1.165, 1.54) is 29.6 Å². The summed E-state index contributed by atoms with van der Waals surface area (Å²) < 4.78 is 60.3. The number of sulfonamides is 1. The first-order chi connectivity index (χ1) is 21.5. The number of rotatable bonds is 9. The van der Waals surface area contributed by atoms with Gasteiger partial charge in [-0.25, -0.2) is 36.8 Å². The largest absolute Gasteiger partial charge is 0.476 e. The van der Waals surface area contributed by atoms with Crippen LogP contribution in [0.25, 0.3) is 16.4 Å². The van der Waals surface area contributed by atoms with Gasteiger partial charge in [-0.15, -0.1) is 11.3 Å². The van der Waals surface area contributed by atoms with Crippen molar-refractivity contribution in [3.63, 3.8) is 0 Å². The lowest BCUT2D eigenvalue weighted by Crippen LogP contribution is -2.18. The highest BCUT2D eigenvalue weighted by atomic mass is 32.2. The zero-order valence-electron chi connectivity index (χ0n) is 23.7. The number of aromatic carboxylic acids is 1. The number of halogens is 2. The summed E-state index contributed by atoms with van der Waals surface area (Å²) in [5.74, 6) is 2.89. The Labute approximate surface area is 261 Å². The Bertz CT molecular complexity index is 1950. The second-order valence-electron chi connectivity index (χ2n) is 11.2. The van der Waals surface area contributed by atoms with Crippen LogP contribution in [-0.2, 0) is 27.6 Å². The molecule has 14 heteroatoms. The molecule has 2 aromatic carbocycles. The van der Waals surface area contributed by atoms with Gasteiger partial charge in [0.25, 0.3) is 0 Å². The van der Waals surface area contributed by atoms with E-state index in [9.17, 15) is 32.2 Å². The Morgan fingerprint density at radius 2 is 1.98 bits per heavy atom. The summed E-state index contributed by atoms with van der Waals surface area (Å²) in [5, 5.41) is 31.7. The second kappa shape index (κ2) is 12.4. The number of hydrogen-bond donors (Lipinski definition) is 3. The molecule has 1 saturated heterocycles. The van der Waals surface area contributed by atoms with Crippen molar-refractivity contribution in [1.82, 2.24) is 14.8 Å². The van der Waals surface area contributed by atoms with Crippen LogP contribution < -0.4 is 5.14 Å². The third-order valence-corrected chi connectivity index (χ3v) is 9.61. The van der Waals surface area contributed by atoms with Crippen molar-refractivity contribution in [2.24, 2.45) is 17.0 Å². The molecule has 4 aromatic rings. The van der Waals surface area contributed by atoms with Gasteiger partial charge < -0.3 is 14.9 Å². The lowest BCUT2D eigenvalue weighted by molar-refractivity contribution is 0.0691. The average molecular weight is 655 g/mol. The molecule has 3 heterocycles. The summed E-state index contributed by atoms with van der Waals surface area (Å²) in [7, 11) is -4.27. The van der Waals surface area contributed by atoms with E-state index in [1.54, 1.807) is 4.68 Å². The fraction of sp³-hybridized carbons (Fsp3) is 0.323. The predicted molar refractivity (Wildman–Crippen MR) is 160 cm³/mol. The molecule has 1 aliphatic heterocycles. The van der Waals surface area contributed by atoms with Gasteiger partial charge in [0.1, 0.15) is 22.6 Å². The maximum absolute atomic E-state index is 14.9. The van der Waals surface area contributed by atoms with Crippen LogP contribution in [0.3, 0.4) is 0 Å². The maximum Gasteiger partial charge on any atom is 0.355 e.